The van der Waals surface area contributed by atoms with Crippen LogP contribution in [0.1, 0.15) is 94.3 Å². The van der Waals surface area contributed by atoms with Crippen LogP contribution in [0.3, 0.4) is 0 Å². The molecule has 1 atom stereocenters. The van der Waals surface area contributed by atoms with Gasteiger partial charge in [-0.1, -0.05) is 50.8 Å². The van der Waals surface area contributed by atoms with E-state index in [-0.39, 0.29) is 17.7 Å². The lowest BCUT2D eigenvalue weighted by Gasteiger charge is -2.53. The first kappa shape index (κ1) is 28.1. The van der Waals surface area contributed by atoms with Crippen molar-refractivity contribution in [3.8, 4) is 0 Å². The van der Waals surface area contributed by atoms with E-state index in [9.17, 15) is 19.5 Å². The van der Waals surface area contributed by atoms with Gasteiger partial charge in [0.15, 0.2) is 0 Å². The quantitative estimate of drug-likeness (QED) is 0.556. The molecule has 4 aliphatic rings. The smallest absolute Gasteiger partial charge is 0.253 e. The zero-order valence-electron chi connectivity index (χ0n) is 23.6. The van der Waals surface area contributed by atoms with Gasteiger partial charge >= 0.3 is 0 Å². The number of carbonyl (C=O) groups is 3. The van der Waals surface area contributed by atoms with E-state index in [1.54, 1.807) is 0 Å². The van der Waals surface area contributed by atoms with Gasteiger partial charge in [-0.05, 0) is 57.1 Å². The molecular formula is C31H46N4O4. The molecule has 5 rings (SSSR count). The van der Waals surface area contributed by atoms with Crippen LogP contribution in [0.4, 0.5) is 0 Å². The Hall–Kier alpha value is -2.45. The Morgan fingerprint density at radius 2 is 1.64 bits per heavy atom. The first-order valence-electron chi connectivity index (χ1n) is 15.3. The van der Waals surface area contributed by atoms with Crippen LogP contribution in [0.25, 0.3) is 0 Å². The fourth-order valence-corrected chi connectivity index (χ4v) is 7.40. The standard InChI is InChI=1S/C31H46N4O4/c1-2-3-18-35-28(37)26(23-30(39)14-8-5-9-15-30)32-29(38)31(35)16-21-33(22-17-31)25-12-19-34(20-13-25)27(36)24-10-6-4-7-11-24/h4,6-7,10-11,25-26,39H,2-3,5,8-9,12-23H2,1H3,(H,32,38)/t26-/m1/s1. The first-order valence-corrected chi connectivity index (χ1v) is 15.3. The maximum absolute atomic E-state index is 13.8. The van der Waals surface area contributed by atoms with Crippen molar-refractivity contribution >= 4 is 17.7 Å². The maximum atomic E-state index is 13.8. The summed E-state index contributed by atoms with van der Waals surface area (Å²) in [5.74, 6) is 0.0526. The van der Waals surface area contributed by atoms with Gasteiger partial charge in [0.1, 0.15) is 11.6 Å². The van der Waals surface area contributed by atoms with Crippen molar-refractivity contribution in [2.24, 2.45) is 0 Å². The van der Waals surface area contributed by atoms with Crippen LogP contribution in [-0.2, 0) is 9.59 Å². The average Bonchev–Trinajstić information content (AvgIpc) is 2.97. The second kappa shape index (κ2) is 12.0. The largest absolute Gasteiger partial charge is 0.390 e. The third-order valence-electron chi connectivity index (χ3n) is 9.83. The molecule has 8 nitrogen and oxygen atoms in total. The van der Waals surface area contributed by atoms with E-state index in [1.807, 2.05) is 40.1 Å². The Balaban J connectivity index is 1.20. The van der Waals surface area contributed by atoms with Crippen molar-refractivity contribution in [2.75, 3.05) is 32.7 Å². The molecule has 1 aromatic rings. The average molecular weight is 539 g/mol. The molecule has 1 aliphatic carbocycles. The lowest BCUT2D eigenvalue weighted by Crippen LogP contribution is -2.73. The predicted octanol–water partition coefficient (Wildman–Crippen LogP) is 3.34. The number of piperazine rings is 1. The monoisotopic (exact) mass is 538 g/mol. The van der Waals surface area contributed by atoms with Gasteiger partial charge in [-0.25, -0.2) is 0 Å². The van der Waals surface area contributed by atoms with Gasteiger partial charge in [-0.3, -0.25) is 14.4 Å². The predicted molar refractivity (Wildman–Crippen MR) is 150 cm³/mol. The van der Waals surface area contributed by atoms with Crippen molar-refractivity contribution < 1.29 is 19.5 Å². The molecule has 0 unspecified atom stereocenters. The molecular weight excluding hydrogens is 492 g/mol. The van der Waals surface area contributed by atoms with Crippen LogP contribution < -0.4 is 5.32 Å². The highest BCUT2D eigenvalue weighted by Gasteiger charge is 2.54. The third-order valence-corrected chi connectivity index (χ3v) is 9.83. The number of rotatable bonds is 7. The van der Waals surface area contributed by atoms with E-state index in [0.717, 1.165) is 76.7 Å². The van der Waals surface area contributed by atoms with Gasteiger partial charge in [-0.2, -0.15) is 0 Å². The number of nitrogens with one attached hydrogen (secondary N) is 1. The number of nitrogens with zero attached hydrogens (tertiary/aromatic N) is 3. The molecule has 8 heteroatoms. The minimum Gasteiger partial charge on any atom is -0.390 e. The molecule has 2 N–H and O–H groups in total. The van der Waals surface area contributed by atoms with Gasteiger partial charge < -0.3 is 25.1 Å². The van der Waals surface area contributed by atoms with E-state index < -0.39 is 17.2 Å². The molecule has 1 saturated carbocycles. The number of piperidine rings is 2. The molecule has 1 spiro atoms. The first-order chi connectivity index (χ1) is 18.8. The summed E-state index contributed by atoms with van der Waals surface area (Å²) in [7, 11) is 0. The maximum Gasteiger partial charge on any atom is 0.253 e. The van der Waals surface area contributed by atoms with Crippen LogP contribution in [0.2, 0.25) is 0 Å². The molecule has 3 aliphatic heterocycles. The Morgan fingerprint density at radius 3 is 2.28 bits per heavy atom. The van der Waals surface area contributed by atoms with Gasteiger partial charge in [0.25, 0.3) is 5.91 Å². The zero-order valence-corrected chi connectivity index (χ0v) is 23.6. The van der Waals surface area contributed by atoms with Crippen LogP contribution in [0.5, 0.6) is 0 Å². The molecule has 39 heavy (non-hydrogen) atoms. The van der Waals surface area contributed by atoms with E-state index >= 15 is 0 Å². The van der Waals surface area contributed by atoms with Crippen molar-refractivity contribution in [2.45, 2.75) is 107 Å². The van der Waals surface area contributed by atoms with Crippen molar-refractivity contribution in [3.05, 3.63) is 35.9 Å². The minimum atomic E-state index is -0.854. The van der Waals surface area contributed by atoms with Crippen LogP contribution in [0, 0.1) is 0 Å². The lowest BCUT2D eigenvalue weighted by molar-refractivity contribution is -0.164. The van der Waals surface area contributed by atoms with Crippen molar-refractivity contribution in [1.29, 1.82) is 0 Å². The molecule has 0 aromatic heterocycles. The molecule has 3 amide bonds. The van der Waals surface area contributed by atoms with E-state index in [2.05, 4.69) is 17.1 Å². The second-order valence-corrected chi connectivity index (χ2v) is 12.3. The highest BCUT2D eigenvalue weighted by atomic mass is 16.3. The number of likely N-dealkylation sites (tertiary alicyclic amines) is 2. The van der Waals surface area contributed by atoms with Crippen molar-refractivity contribution in [3.63, 3.8) is 0 Å². The molecule has 1 aromatic carbocycles. The molecule has 0 bridgehead atoms. The minimum absolute atomic E-state index is 0.0109. The molecule has 4 fully saturated rings. The Morgan fingerprint density at radius 1 is 0.974 bits per heavy atom. The number of unbranched alkanes of at least 4 members (excludes halogenated alkanes) is 1. The van der Waals surface area contributed by atoms with Crippen LogP contribution in [0.15, 0.2) is 30.3 Å². The number of hydrogen-bond acceptors (Lipinski definition) is 5. The highest BCUT2D eigenvalue weighted by molar-refractivity contribution is 6.00. The second-order valence-electron chi connectivity index (χ2n) is 12.3. The summed E-state index contributed by atoms with van der Waals surface area (Å²) in [6, 6.07) is 9.24. The summed E-state index contributed by atoms with van der Waals surface area (Å²) in [6.45, 7) is 5.74. The normalized spacial score (nSPS) is 26.1. The summed E-state index contributed by atoms with van der Waals surface area (Å²) in [5, 5.41) is 14.2. The van der Waals surface area contributed by atoms with Gasteiger partial charge in [-0.15, -0.1) is 0 Å². The SMILES string of the molecule is CCCCN1C(=O)[C@@H](CC2(O)CCCCC2)NC(=O)C12CCN(C1CCN(C(=O)c3ccccc3)CC1)CC2. The summed E-state index contributed by atoms with van der Waals surface area (Å²) in [4.78, 5) is 46.7. The van der Waals surface area contributed by atoms with E-state index in [1.165, 1.54) is 0 Å². The number of carbonyl (C=O) groups excluding carboxylic acids is 3. The topological polar surface area (TPSA) is 93.2 Å². The number of amides is 3. The molecule has 214 valence electrons. The fraction of sp³-hybridized carbons (Fsp3) is 0.710. The lowest BCUT2D eigenvalue weighted by atomic mass is 9.77. The van der Waals surface area contributed by atoms with Crippen LogP contribution >= 0.6 is 0 Å². The summed E-state index contributed by atoms with van der Waals surface area (Å²) in [6.07, 6.45) is 9.76. The summed E-state index contributed by atoms with van der Waals surface area (Å²) < 4.78 is 0. The van der Waals surface area contributed by atoms with Gasteiger partial charge in [0, 0.05) is 50.7 Å². The third kappa shape index (κ3) is 5.87. The number of benzene rings is 1. The Kier molecular flexibility index (Phi) is 8.62. The van der Waals surface area contributed by atoms with E-state index in [0.29, 0.717) is 44.7 Å². The van der Waals surface area contributed by atoms with Gasteiger partial charge in [0.2, 0.25) is 11.8 Å². The van der Waals surface area contributed by atoms with Crippen molar-refractivity contribution in [1.82, 2.24) is 20.0 Å². The zero-order chi connectivity index (χ0) is 27.5. The molecule has 0 radical (unpaired) electrons. The summed E-state index contributed by atoms with van der Waals surface area (Å²) >= 11 is 0. The Labute approximate surface area is 233 Å². The highest BCUT2D eigenvalue weighted by Crippen LogP contribution is 2.38. The number of aliphatic hydroxyl groups is 1. The van der Waals surface area contributed by atoms with Gasteiger partial charge in [0.05, 0.1) is 5.60 Å². The fourth-order valence-electron chi connectivity index (χ4n) is 7.40. The summed E-state index contributed by atoms with van der Waals surface area (Å²) in [5.41, 5.74) is -0.907. The van der Waals surface area contributed by atoms with E-state index in [4.69, 9.17) is 0 Å². The van der Waals surface area contributed by atoms with Crippen LogP contribution in [-0.4, -0.2) is 93.5 Å². The number of hydrogen-bond donors (Lipinski definition) is 2. The molecule has 3 saturated heterocycles. The molecule has 3 heterocycles. The Bertz CT molecular complexity index is 1010.